The number of benzene rings is 1. The van der Waals surface area contributed by atoms with Gasteiger partial charge in [-0.25, -0.2) is 4.39 Å². The Hall–Kier alpha value is -1.35. The minimum absolute atomic E-state index is 0.239. The molecular formula is C10H11FN2. The van der Waals surface area contributed by atoms with E-state index in [2.05, 4.69) is 4.98 Å². The van der Waals surface area contributed by atoms with Crippen LogP contribution in [0.5, 0.6) is 0 Å². The van der Waals surface area contributed by atoms with Gasteiger partial charge in [0, 0.05) is 29.2 Å². The van der Waals surface area contributed by atoms with Gasteiger partial charge in [0.05, 0.1) is 0 Å². The third-order valence-electron chi connectivity index (χ3n) is 2.28. The van der Waals surface area contributed by atoms with E-state index in [1.54, 1.807) is 6.07 Å². The molecule has 0 atom stereocenters. The summed E-state index contributed by atoms with van der Waals surface area (Å²) >= 11 is 0. The van der Waals surface area contributed by atoms with E-state index in [0.717, 1.165) is 16.5 Å². The fourth-order valence-electron chi connectivity index (χ4n) is 1.48. The number of fused-ring (bicyclic) bond motifs is 1. The highest BCUT2D eigenvalue weighted by Crippen LogP contribution is 2.21. The quantitative estimate of drug-likeness (QED) is 0.689. The third kappa shape index (κ3) is 1.21. The lowest BCUT2D eigenvalue weighted by molar-refractivity contribution is 0.612. The van der Waals surface area contributed by atoms with Crippen molar-refractivity contribution >= 4 is 10.9 Å². The molecule has 13 heavy (non-hydrogen) atoms. The molecule has 0 amide bonds. The van der Waals surface area contributed by atoms with Crippen LogP contribution < -0.4 is 5.73 Å². The number of aryl methyl sites for hydroxylation is 1. The molecule has 2 aromatic rings. The minimum Gasteiger partial charge on any atom is -0.361 e. The van der Waals surface area contributed by atoms with Gasteiger partial charge in [0.1, 0.15) is 5.82 Å². The number of nitrogens with two attached hydrogens (primary N) is 1. The van der Waals surface area contributed by atoms with Crippen molar-refractivity contribution in [2.45, 2.75) is 13.5 Å². The molecule has 1 aromatic heterocycles. The first-order valence-electron chi connectivity index (χ1n) is 4.18. The summed E-state index contributed by atoms with van der Waals surface area (Å²) in [5, 5.41) is 1.04. The zero-order valence-electron chi connectivity index (χ0n) is 7.39. The fraction of sp³-hybridized carbons (Fsp3) is 0.200. The zero-order chi connectivity index (χ0) is 9.42. The minimum atomic E-state index is -0.239. The van der Waals surface area contributed by atoms with E-state index in [-0.39, 0.29) is 12.4 Å². The molecule has 68 valence electrons. The molecule has 2 rings (SSSR count). The van der Waals surface area contributed by atoms with Gasteiger partial charge in [0.25, 0.3) is 0 Å². The van der Waals surface area contributed by atoms with Gasteiger partial charge in [0.15, 0.2) is 0 Å². The first-order valence-corrected chi connectivity index (χ1v) is 4.18. The van der Waals surface area contributed by atoms with Crippen molar-refractivity contribution in [2.75, 3.05) is 0 Å². The Morgan fingerprint density at radius 2 is 2.23 bits per heavy atom. The van der Waals surface area contributed by atoms with Gasteiger partial charge in [-0.2, -0.15) is 0 Å². The molecule has 0 saturated carbocycles. The Bertz CT molecular complexity index is 445. The number of H-pyrrole nitrogens is 1. The predicted molar refractivity (Wildman–Crippen MR) is 50.9 cm³/mol. The summed E-state index contributed by atoms with van der Waals surface area (Å²) in [5.74, 6) is -0.239. The molecule has 0 unspecified atom stereocenters. The lowest BCUT2D eigenvalue weighted by atomic mass is 10.1. The van der Waals surface area contributed by atoms with Gasteiger partial charge in [-0.15, -0.1) is 0 Å². The van der Waals surface area contributed by atoms with Crippen molar-refractivity contribution in [3.05, 3.63) is 35.3 Å². The predicted octanol–water partition coefficient (Wildman–Crippen LogP) is 2.07. The Balaban J connectivity index is 2.77. The summed E-state index contributed by atoms with van der Waals surface area (Å²) in [6.45, 7) is 2.23. The second-order valence-corrected chi connectivity index (χ2v) is 3.17. The van der Waals surface area contributed by atoms with E-state index in [1.807, 2.05) is 13.1 Å². The number of aromatic amines is 1. The molecule has 0 aliphatic rings. The second-order valence-electron chi connectivity index (χ2n) is 3.17. The van der Waals surface area contributed by atoms with Crippen LogP contribution in [-0.2, 0) is 6.54 Å². The highest BCUT2D eigenvalue weighted by atomic mass is 19.1. The number of hydrogen-bond donors (Lipinski definition) is 2. The maximum absolute atomic E-state index is 13.2. The molecule has 0 radical (unpaired) electrons. The molecule has 0 aliphatic carbocycles. The molecular weight excluding hydrogens is 167 g/mol. The monoisotopic (exact) mass is 178 g/mol. The number of halogens is 1. The van der Waals surface area contributed by atoms with Crippen LogP contribution in [-0.4, -0.2) is 4.98 Å². The van der Waals surface area contributed by atoms with Gasteiger partial charge in [0.2, 0.25) is 0 Å². The average Bonchev–Trinajstić information content (AvgIpc) is 2.46. The van der Waals surface area contributed by atoms with E-state index < -0.39 is 0 Å². The SMILES string of the molecule is Cc1c[nH]c2cc(F)c(CN)cc12. The highest BCUT2D eigenvalue weighted by molar-refractivity contribution is 5.83. The normalized spacial score (nSPS) is 11.0. The van der Waals surface area contributed by atoms with Crippen molar-refractivity contribution in [3.63, 3.8) is 0 Å². The van der Waals surface area contributed by atoms with E-state index >= 15 is 0 Å². The first kappa shape index (κ1) is 8.26. The number of hydrogen-bond acceptors (Lipinski definition) is 1. The second kappa shape index (κ2) is 2.85. The van der Waals surface area contributed by atoms with Gasteiger partial charge >= 0.3 is 0 Å². The van der Waals surface area contributed by atoms with Crippen LogP contribution in [0.4, 0.5) is 4.39 Å². The van der Waals surface area contributed by atoms with Gasteiger partial charge in [-0.3, -0.25) is 0 Å². The molecule has 0 aliphatic heterocycles. The van der Waals surface area contributed by atoms with Gasteiger partial charge < -0.3 is 10.7 Å². The number of nitrogens with one attached hydrogen (secondary N) is 1. The lowest BCUT2D eigenvalue weighted by Crippen LogP contribution is -1.99. The summed E-state index contributed by atoms with van der Waals surface area (Å²) in [6.07, 6.45) is 1.87. The molecule has 0 bridgehead atoms. The Morgan fingerprint density at radius 1 is 1.46 bits per heavy atom. The summed E-state index contributed by atoms with van der Waals surface area (Å²) < 4.78 is 13.2. The van der Waals surface area contributed by atoms with Crippen molar-refractivity contribution in [2.24, 2.45) is 5.73 Å². The zero-order valence-corrected chi connectivity index (χ0v) is 7.39. The van der Waals surface area contributed by atoms with Crippen LogP contribution >= 0.6 is 0 Å². The first-order chi connectivity index (χ1) is 6.22. The van der Waals surface area contributed by atoms with E-state index in [4.69, 9.17) is 5.73 Å². The molecule has 2 nitrogen and oxygen atoms in total. The Labute approximate surface area is 75.6 Å². The van der Waals surface area contributed by atoms with Crippen LogP contribution in [0.2, 0.25) is 0 Å². The van der Waals surface area contributed by atoms with Crippen molar-refractivity contribution < 1.29 is 4.39 Å². The highest BCUT2D eigenvalue weighted by Gasteiger charge is 2.05. The van der Waals surface area contributed by atoms with Crippen molar-refractivity contribution in [1.29, 1.82) is 0 Å². The molecule has 1 heterocycles. The van der Waals surface area contributed by atoms with E-state index in [1.165, 1.54) is 6.07 Å². The number of aromatic nitrogens is 1. The van der Waals surface area contributed by atoms with Crippen LogP contribution in [0, 0.1) is 12.7 Å². The fourth-order valence-corrected chi connectivity index (χ4v) is 1.48. The summed E-state index contributed by atoms with van der Waals surface area (Å²) in [5.41, 5.74) is 7.92. The average molecular weight is 178 g/mol. The summed E-state index contributed by atoms with van der Waals surface area (Å²) in [7, 11) is 0. The molecule has 1 aromatic carbocycles. The Morgan fingerprint density at radius 3 is 2.92 bits per heavy atom. The smallest absolute Gasteiger partial charge is 0.129 e. The van der Waals surface area contributed by atoms with Crippen LogP contribution in [0.1, 0.15) is 11.1 Å². The van der Waals surface area contributed by atoms with Crippen LogP contribution in [0.25, 0.3) is 10.9 Å². The third-order valence-corrected chi connectivity index (χ3v) is 2.28. The standard InChI is InChI=1S/C10H11FN2/c1-6-5-13-10-3-9(11)7(4-12)2-8(6)10/h2-3,5,13H,4,12H2,1H3. The maximum Gasteiger partial charge on any atom is 0.129 e. The maximum atomic E-state index is 13.2. The lowest BCUT2D eigenvalue weighted by Gasteiger charge is -2.00. The molecule has 0 fully saturated rings. The van der Waals surface area contributed by atoms with Crippen LogP contribution in [0.15, 0.2) is 18.3 Å². The summed E-state index contributed by atoms with van der Waals surface area (Å²) in [6, 6.07) is 3.29. The van der Waals surface area contributed by atoms with Crippen molar-refractivity contribution in [3.8, 4) is 0 Å². The molecule has 3 N–H and O–H groups in total. The topological polar surface area (TPSA) is 41.8 Å². The molecule has 0 saturated heterocycles. The largest absolute Gasteiger partial charge is 0.361 e. The van der Waals surface area contributed by atoms with E-state index in [9.17, 15) is 4.39 Å². The number of rotatable bonds is 1. The van der Waals surface area contributed by atoms with Gasteiger partial charge in [-0.05, 0) is 24.6 Å². The Kier molecular flexibility index (Phi) is 1.81. The molecule has 0 spiro atoms. The van der Waals surface area contributed by atoms with Crippen LogP contribution in [0.3, 0.4) is 0 Å². The van der Waals surface area contributed by atoms with Crippen molar-refractivity contribution in [1.82, 2.24) is 4.98 Å². The molecule has 3 heteroatoms. The van der Waals surface area contributed by atoms with Gasteiger partial charge in [-0.1, -0.05) is 0 Å². The van der Waals surface area contributed by atoms with E-state index in [0.29, 0.717) is 5.56 Å². The summed E-state index contributed by atoms with van der Waals surface area (Å²) in [4.78, 5) is 3.00.